The van der Waals surface area contributed by atoms with Crippen molar-refractivity contribution in [2.24, 2.45) is 10.7 Å². The summed E-state index contributed by atoms with van der Waals surface area (Å²) in [5.74, 6) is 1.23. The number of hydrogen-bond acceptors (Lipinski definition) is 2. The minimum Gasteiger partial charge on any atom is -0.496 e. The molecule has 0 aliphatic heterocycles. The van der Waals surface area contributed by atoms with Crippen molar-refractivity contribution >= 4 is 51.6 Å². The van der Waals surface area contributed by atoms with Crippen molar-refractivity contribution in [1.82, 2.24) is 0 Å². The number of guanidine groups is 1. The van der Waals surface area contributed by atoms with Gasteiger partial charge in [0.25, 0.3) is 0 Å². The number of anilines is 1. The molecule has 0 saturated heterocycles. The summed E-state index contributed by atoms with van der Waals surface area (Å²) in [6, 6.07) is 12.3. The number of aryl methyl sites for hydroxylation is 2. The topological polar surface area (TPSA) is 59.6 Å². The van der Waals surface area contributed by atoms with Gasteiger partial charge in [-0.2, -0.15) is 0 Å². The van der Waals surface area contributed by atoms with E-state index < -0.39 is 0 Å². The Kier molecular flexibility index (Phi) is 6.91. The first-order chi connectivity index (χ1) is 11.2. The molecule has 0 radical (unpaired) electrons. The molecule has 0 aromatic heterocycles. The lowest BCUT2D eigenvalue weighted by atomic mass is 10.1. The fourth-order valence-corrected chi connectivity index (χ4v) is 3.41. The van der Waals surface area contributed by atoms with Gasteiger partial charge in [0.05, 0.1) is 18.1 Å². The first-order valence-corrected chi connectivity index (χ1v) is 8.46. The highest BCUT2D eigenvalue weighted by Gasteiger charge is 2.10. The standard InChI is InChI=1S/C18H20BrN3O.HI/c1-23-17-8-5-12(9-16(17)19)11-21-18(20)22-15-7-6-13-3-2-4-14(13)10-15;/h5-10H,2-4,11H2,1H3,(H3,20,21,22);1H. The van der Waals surface area contributed by atoms with Crippen LogP contribution in [0.15, 0.2) is 45.9 Å². The number of halogens is 2. The summed E-state index contributed by atoms with van der Waals surface area (Å²) in [5.41, 5.74) is 10.9. The number of hydrogen-bond donors (Lipinski definition) is 2. The number of nitrogens with zero attached hydrogens (tertiary/aromatic N) is 1. The molecule has 0 heterocycles. The van der Waals surface area contributed by atoms with Crippen molar-refractivity contribution in [1.29, 1.82) is 0 Å². The van der Waals surface area contributed by atoms with E-state index >= 15 is 0 Å². The van der Waals surface area contributed by atoms with Crippen LogP contribution in [0.25, 0.3) is 0 Å². The number of nitrogens with two attached hydrogens (primary N) is 1. The zero-order chi connectivity index (χ0) is 16.2. The van der Waals surface area contributed by atoms with Crippen molar-refractivity contribution in [2.75, 3.05) is 12.4 Å². The van der Waals surface area contributed by atoms with Crippen LogP contribution in [0.3, 0.4) is 0 Å². The Bertz CT molecular complexity index is 749. The molecule has 4 nitrogen and oxygen atoms in total. The van der Waals surface area contributed by atoms with Gasteiger partial charge < -0.3 is 15.8 Å². The maximum atomic E-state index is 6.00. The Balaban J connectivity index is 0.00000208. The SMILES string of the molecule is COc1ccc(CN=C(N)Nc2ccc3c(c2)CCC3)cc1Br.I. The lowest BCUT2D eigenvalue weighted by Crippen LogP contribution is -2.22. The molecule has 0 unspecified atom stereocenters. The molecule has 0 saturated carbocycles. The van der Waals surface area contributed by atoms with E-state index in [1.54, 1.807) is 7.11 Å². The molecule has 3 N–H and O–H groups in total. The van der Waals surface area contributed by atoms with Crippen molar-refractivity contribution in [3.63, 3.8) is 0 Å². The summed E-state index contributed by atoms with van der Waals surface area (Å²) in [6.07, 6.45) is 3.59. The van der Waals surface area contributed by atoms with E-state index in [0.29, 0.717) is 12.5 Å². The Labute approximate surface area is 168 Å². The van der Waals surface area contributed by atoms with E-state index in [1.165, 1.54) is 24.0 Å². The van der Waals surface area contributed by atoms with Crippen LogP contribution < -0.4 is 15.8 Å². The van der Waals surface area contributed by atoms with E-state index in [0.717, 1.165) is 27.9 Å². The fraction of sp³-hybridized carbons (Fsp3) is 0.278. The summed E-state index contributed by atoms with van der Waals surface area (Å²) in [6.45, 7) is 0.520. The zero-order valence-corrected chi connectivity index (χ0v) is 17.4. The number of benzene rings is 2. The van der Waals surface area contributed by atoms with Crippen LogP contribution in [0.2, 0.25) is 0 Å². The average Bonchev–Trinajstić information content (AvgIpc) is 3.01. The average molecular weight is 502 g/mol. The van der Waals surface area contributed by atoms with Gasteiger partial charge in [0.1, 0.15) is 5.75 Å². The minimum absolute atomic E-state index is 0. The second-order valence-electron chi connectivity index (χ2n) is 5.63. The summed E-state index contributed by atoms with van der Waals surface area (Å²) in [7, 11) is 1.65. The number of methoxy groups -OCH3 is 1. The van der Waals surface area contributed by atoms with Gasteiger partial charge in [0.2, 0.25) is 0 Å². The first-order valence-electron chi connectivity index (χ1n) is 7.67. The third kappa shape index (κ3) is 4.63. The zero-order valence-electron chi connectivity index (χ0n) is 13.5. The van der Waals surface area contributed by atoms with Gasteiger partial charge in [-0.05, 0) is 76.1 Å². The molecule has 128 valence electrons. The highest BCUT2D eigenvalue weighted by Crippen LogP contribution is 2.26. The number of rotatable bonds is 4. The van der Waals surface area contributed by atoms with Crippen LogP contribution >= 0.6 is 39.9 Å². The molecule has 2 aromatic rings. The molecule has 3 rings (SSSR count). The van der Waals surface area contributed by atoms with Crippen molar-refractivity contribution < 1.29 is 4.74 Å². The lowest BCUT2D eigenvalue weighted by Gasteiger charge is -2.08. The van der Waals surface area contributed by atoms with Gasteiger partial charge in [-0.1, -0.05) is 12.1 Å². The maximum Gasteiger partial charge on any atom is 0.193 e. The van der Waals surface area contributed by atoms with Crippen LogP contribution in [0, 0.1) is 0 Å². The number of ether oxygens (including phenoxy) is 1. The quantitative estimate of drug-likeness (QED) is 0.368. The molecular weight excluding hydrogens is 481 g/mol. The molecule has 0 bridgehead atoms. The van der Waals surface area contributed by atoms with Gasteiger partial charge >= 0.3 is 0 Å². The molecule has 6 heteroatoms. The Morgan fingerprint density at radius 3 is 2.75 bits per heavy atom. The van der Waals surface area contributed by atoms with Crippen molar-refractivity contribution in [2.45, 2.75) is 25.8 Å². The molecule has 2 aromatic carbocycles. The number of fused-ring (bicyclic) bond motifs is 1. The highest BCUT2D eigenvalue weighted by atomic mass is 127. The van der Waals surface area contributed by atoms with Crippen molar-refractivity contribution in [3.8, 4) is 5.75 Å². The van der Waals surface area contributed by atoms with Gasteiger partial charge in [-0.15, -0.1) is 24.0 Å². The minimum atomic E-state index is 0. The maximum absolute atomic E-state index is 6.00. The van der Waals surface area contributed by atoms with Crippen LogP contribution in [-0.2, 0) is 19.4 Å². The second-order valence-corrected chi connectivity index (χ2v) is 6.49. The molecule has 0 fully saturated rings. The number of aliphatic imine (C=N–C) groups is 1. The van der Waals surface area contributed by atoms with E-state index in [1.807, 2.05) is 18.2 Å². The van der Waals surface area contributed by atoms with E-state index in [4.69, 9.17) is 10.5 Å². The molecular formula is C18H21BrIN3O. The number of nitrogens with one attached hydrogen (secondary N) is 1. The monoisotopic (exact) mass is 501 g/mol. The molecule has 0 atom stereocenters. The highest BCUT2D eigenvalue weighted by molar-refractivity contribution is 14.0. The largest absolute Gasteiger partial charge is 0.496 e. The van der Waals surface area contributed by atoms with E-state index in [9.17, 15) is 0 Å². The molecule has 1 aliphatic rings. The van der Waals surface area contributed by atoms with E-state index in [2.05, 4.69) is 44.4 Å². The van der Waals surface area contributed by atoms with Gasteiger partial charge in [-0.25, -0.2) is 4.99 Å². The van der Waals surface area contributed by atoms with Crippen LogP contribution in [-0.4, -0.2) is 13.1 Å². The summed E-state index contributed by atoms with van der Waals surface area (Å²) < 4.78 is 6.14. The Morgan fingerprint density at radius 1 is 1.21 bits per heavy atom. The predicted octanol–water partition coefficient (Wildman–Crippen LogP) is 4.49. The summed E-state index contributed by atoms with van der Waals surface area (Å²) >= 11 is 3.48. The normalized spacial score (nSPS) is 13.2. The van der Waals surface area contributed by atoms with Crippen LogP contribution in [0.5, 0.6) is 5.75 Å². The third-order valence-corrected chi connectivity index (χ3v) is 4.64. The first kappa shape index (κ1) is 19.1. The summed E-state index contributed by atoms with van der Waals surface area (Å²) in [4.78, 5) is 4.40. The van der Waals surface area contributed by atoms with Gasteiger partial charge in [-0.3, -0.25) is 0 Å². The smallest absolute Gasteiger partial charge is 0.193 e. The van der Waals surface area contributed by atoms with E-state index in [-0.39, 0.29) is 24.0 Å². The predicted molar refractivity (Wildman–Crippen MR) is 114 cm³/mol. The molecule has 1 aliphatic carbocycles. The second kappa shape index (κ2) is 8.71. The fourth-order valence-electron chi connectivity index (χ4n) is 2.82. The molecule has 0 amide bonds. The van der Waals surface area contributed by atoms with Crippen molar-refractivity contribution in [3.05, 3.63) is 57.6 Å². The summed E-state index contributed by atoms with van der Waals surface area (Å²) in [5, 5.41) is 3.17. The van der Waals surface area contributed by atoms with Gasteiger partial charge in [0.15, 0.2) is 5.96 Å². The Hall–Kier alpha value is -1.28. The Morgan fingerprint density at radius 2 is 2.00 bits per heavy atom. The lowest BCUT2D eigenvalue weighted by molar-refractivity contribution is 0.412. The van der Waals surface area contributed by atoms with Crippen LogP contribution in [0.1, 0.15) is 23.1 Å². The molecule has 0 spiro atoms. The third-order valence-electron chi connectivity index (χ3n) is 4.02. The molecule has 24 heavy (non-hydrogen) atoms. The van der Waals surface area contributed by atoms with Gasteiger partial charge in [0, 0.05) is 5.69 Å². The van der Waals surface area contributed by atoms with Crippen LogP contribution in [0.4, 0.5) is 5.69 Å².